The van der Waals surface area contributed by atoms with Gasteiger partial charge in [-0.1, -0.05) is 36.4 Å². The van der Waals surface area contributed by atoms with Crippen molar-refractivity contribution in [2.75, 3.05) is 5.32 Å². The fourth-order valence-corrected chi connectivity index (χ4v) is 6.26. The van der Waals surface area contributed by atoms with E-state index in [9.17, 15) is 22.8 Å². The van der Waals surface area contributed by atoms with Crippen LogP contribution in [0.1, 0.15) is 53.2 Å². The molecule has 0 radical (unpaired) electrons. The number of anilines is 1. The molecule has 4 nitrogen and oxygen atoms in total. The molecule has 1 aromatic heterocycles. The molecule has 1 amide bonds. The molecule has 1 aliphatic heterocycles. The fraction of sp³-hybridized carbons (Fsp3) is 0.241. The zero-order valence-electron chi connectivity index (χ0n) is 20.3. The van der Waals surface area contributed by atoms with Gasteiger partial charge in [0.25, 0.3) is 5.91 Å². The van der Waals surface area contributed by atoms with Crippen LogP contribution in [0.2, 0.25) is 0 Å². The van der Waals surface area contributed by atoms with Crippen LogP contribution < -0.4 is 10.6 Å². The lowest BCUT2D eigenvalue weighted by atomic mass is 9.73. The highest BCUT2D eigenvalue weighted by Gasteiger charge is 2.42. The molecule has 8 heteroatoms. The third-order valence-corrected chi connectivity index (χ3v) is 8.04. The number of thiophene rings is 1. The Balaban J connectivity index is 1.53. The summed E-state index contributed by atoms with van der Waals surface area (Å²) in [5.41, 5.74) is 3.54. The first-order valence-electron chi connectivity index (χ1n) is 11.9. The van der Waals surface area contributed by atoms with E-state index in [1.165, 1.54) is 23.5 Å². The summed E-state index contributed by atoms with van der Waals surface area (Å²) in [6.07, 6.45) is -3.57. The van der Waals surface area contributed by atoms with E-state index in [0.717, 1.165) is 33.8 Å². The van der Waals surface area contributed by atoms with Gasteiger partial charge in [0.05, 0.1) is 11.5 Å². The van der Waals surface area contributed by atoms with Gasteiger partial charge < -0.3 is 10.6 Å². The normalized spacial score (nSPS) is 20.0. The van der Waals surface area contributed by atoms with Crippen LogP contribution in [0.3, 0.4) is 0 Å². The standard InChI is InChI=1S/C29H25F3N2O2S/c1-16-11-12-37-27(16)26-24(28(36)34-21-10-6-9-20(15-21)29(30,31)32)17(2)33-22-13-19(14-23(35)25(22)26)18-7-4-3-5-8-18/h3-12,15,19,26,33H,13-14H2,1-2H3,(H,34,36)/t19-,26+/m0/s1. The molecule has 0 saturated heterocycles. The van der Waals surface area contributed by atoms with Crippen molar-refractivity contribution in [1.82, 2.24) is 5.32 Å². The number of allylic oxidation sites excluding steroid dienone is 3. The smallest absolute Gasteiger partial charge is 0.362 e. The fourth-order valence-electron chi connectivity index (χ4n) is 5.22. The van der Waals surface area contributed by atoms with Crippen LogP contribution in [-0.2, 0) is 15.8 Å². The van der Waals surface area contributed by atoms with E-state index in [2.05, 4.69) is 10.6 Å². The second kappa shape index (κ2) is 9.67. The van der Waals surface area contributed by atoms with Crippen LogP contribution in [0, 0.1) is 6.92 Å². The third-order valence-electron chi connectivity index (χ3n) is 6.95. The minimum Gasteiger partial charge on any atom is -0.362 e. The maximum Gasteiger partial charge on any atom is 0.416 e. The number of rotatable bonds is 4. The van der Waals surface area contributed by atoms with E-state index in [1.807, 2.05) is 48.7 Å². The van der Waals surface area contributed by atoms with Gasteiger partial charge >= 0.3 is 6.18 Å². The molecule has 0 unspecified atom stereocenters. The van der Waals surface area contributed by atoms with Crippen LogP contribution in [0.15, 0.2) is 88.6 Å². The third kappa shape index (κ3) is 4.85. The van der Waals surface area contributed by atoms with Crippen molar-refractivity contribution in [3.63, 3.8) is 0 Å². The molecule has 0 spiro atoms. The first-order valence-corrected chi connectivity index (χ1v) is 12.8. The summed E-state index contributed by atoms with van der Waals surface area (Å²) in [5.74, 6) is -1.13. The van der Waals surface area contributed by atoms with E-state index in [0.29, 0.717) is 29.7 Å². The molecule has 0 fully saturated rings. The maximum atomic E-state index is 13.6. The number of hydrogen-bond donors (Lipinski definition) is 2. The van der Waals surface area contributed by atoms with Gasteiger partial charge in [-0.25, -0.2) is 0 Å². The summed E-state index contributed by atoms with van der Waals surface area (Å²) in [6, 6.07) is 16.4. The van der Waals surface area contributed by atoms with Gasteiger partial charge in [0.15, 0.2) is 5.78 Å². The van der Waals surface area contributed by atoms with E-state index < -0.39 is 23.6 Å². The Labute approximate surface area is 216 Å². The second-order valence-electron chi connectivity index (χ2n) is 9.43. The quantitative estimate of drug-likeness (QED) is 0.385. The van der Waals surface area contributed by atoms with Gasteiger partial charge in [0, 0.05) is 39.5 Å². The van der Waals surface area contributed by atoms with Crippen molar-refractivity contribution in [3.8, 4) is 0 Å². The van der Waals surface area contributed by atoms with Crippen molar-refractivity contribution in [1.29, 1.82) is 0 Å². The highest BCUT2D eigenvalue weighted by atomic mass is 32.1. The number of halogens is 3. The molecular weight excluding hydrogens is 497 g/mol. The molecule has 0 saturated carbocycles. The Kier molecular flexibility index (Phi) is 6.54. The van der Waals surface area contributed by atoms with Crippen molar-refractivity contribution in [3.05, 3.63) is 110 Å². The molecule has 0 bridgehead atoms. The van der Waals surface area contributed by atoms with Gasteiger partial charge in [-0.15, -0.1) is 11.3 Å². The number of carbonyl (C=O) groups is 2. The average molecular weight is 523 g/mol. The van der Waals surface area contributed by atoms with Crippen molar-refractivity contribution in [2.45, 2.75) is 44.7 Å². The molecule has 2 aliphatic rings. The van der Waals surface area contributed by atoms with Gasteiger partial charge in [-0.3, -0.25) is 9.59 Å². The van der Waals surface area contributed by atoms with Gasteiger partial charge in [0.1, 0.15) is 0 Å². The number of hydrogen-bond acceptors (Lipinski definition) is 4. The number of dihydropyridines is 1. The summed E-state index contributed by atoms with van der Waals surface area (Å²) in [5, 5.41) is 7.88. The number of ketones is 1. The van der Waals surface area contributed by atoms with Crippen LogP contribution in [0.25, 0.3) is 0 Å². The lowest BCUT2D eigenvalue weighted by Gasteiger charge is -2.36. The number of amides is 1. The summed E-state index contributed by atoms with van der Waals surface area (Å²) in [7, 11) is 0. The molecular formula is C29H25F3N2O2S. The molecule has 2 N–H and O–H groups in total. The zero-order chi connectivity index (χ0) is 26.3. The molecule has 190 valence electrons. The number of Topliss-reactive ketones (excluding diaryl/α,β-unsaturated/α-hetero) is 1. The highest BCUT2D eigenvalue weighted by Crippen LogP contribution is 2.47. The maximum absolute atomic E-state index is 13.6. The second-order valence-corrected chi connectivity index (χ2v) is 10.4. The number of benzene rings is 2. The van der Waals surface area contributed by atoms with Crippen molar-refractivity contribution < 1.29 is 22.8 Å². The Hall–Kier alpha value is -3.65. The molecule has 2 atom stereocenters. The Morgan fingerprint density at radius 2 is 1.78 bits per heavy atom. The average Bonchev–Trinajstić information content (AvgIpc) is 3.28. The van der Waals surface area contributed by atoms with Gasteiger partial charge in [-0.2, -0.15) is 13.2 Å². The molecule has 1 aliphatic carbocycles. The predicted molar refractivity (Wildman–Crippen MR) is 138 cm³/mol. The van der Waals surface area contributed by atoms with Crippen LogP contribution >= 0.6 is 11.3 Å². The first-order chi connectivity index (χ1) is 17.6. The molecule has 37 heavy (non-hydrogen) atoms. The minimum absolute atomic E-state index is 0.0262. The Bertz CT molecular complexity index is 1440. The first kappa shape index (κ1) is 25.0. The van der Waals surface area contributed by atoms with Gasteiger partial charge in [0.2, 0.25) is 0 Å². The monoisotopic (exact) mass is 522 g/mol. The Morgan fingerprint density at radius 1 is 1.03 bits per heavy atom. The number of carbonyl (C=O) groups excluding carboxylic acids is 2. The molecule has 2 aromatic carbocycles. The number of nitrogens with one attached hydrogen (secondary N) is 2. The largest absolute Gasteiger partial charge is 0.416 e. The predicted octanol–water partition coefficient (Wildman–Crippen LogP) is 7.08. The molecule has 5 rings (SSSR count). The van der Waals surface area contributed by atoms with Crippen LogP contribution in [-0.4, -0.2) is 11.7 Å². The lowest BCUT2D eigenvalue weighted by Crippen LogP contribution is -2.37. The summed E-state index contributed by atoms with van der Waals surface area (Å²) in [4.78, 5) is 28.1. The highest BCUT2D eigenvalue weighted by molar-refractivity contribution is 7.10. The number of aryl methyl sites for hydroxylation is 1. The topological polar surface area (TPSA) is 58.2 Å². The summed E-state index contributed by atoms with van der Waals surface area (Å²) >= 11 is 1.47. The SMILES string of the molecule is CC1=C(C(=O)Nc2cccc(C(F)(F)F)c2)[C@@H](c2sccc2C)C2=C(C[C@H](c3ccccc3)CC2=O)N1. The summed E-state index contributed by atoms with van der Waals surface area (Å²) < 4.78 is 39.7. The van der Waals surface area contributed by atoms with E-state index in [4.69, 9.17) is 0 Å². The lowest BCUT2D eigenvalue weighted by molar-refractivity contribution is -0.137. The van der Waals surface area contributed by atoms with E-state index in [-0.39, 0.29) is 17.4 Å². The van der Waals surface area contributed by atoms with Crippen LogP contribution in [0.5, 0.6) is 0 Å². The van der Waals surface area contributed by atoms with Gasteiger partial charge in [-0.05, 0) is 67.0 Å². The van der Waals surface area contributed by atoms with Crippen molar-refractivity contribution in [2.24, 2.45) is 0 Å². The molecule has 2 heterocycles. The molecule has 3 aromatic rings. The minimum atomic E-state index is -4.53. The summed E-state index contributed by atoms with van der Waals surface area (Å²) in [6.45, 7) is 3.71. The van der Waals surface area contributed by atoms with E-state index in [1.54, 1.807) is 6.92 Å². The number of alkyl halides is 3. The zero-order valence-corrected chi connectivity index (χ0v) is 21.1. The Morgan fingerprint density at radius 3 is 2.46 bits per heavy atom. The van der Waals surface area contributed by atoms with Crippen molar-refractivity contribution >= 4 is 28.7 Å². The van der Waals surface area contributed by atoms with Crippen LogP contribution in [0.4, 0.5) is 18.9 Å². The van der Waals surface area contributed by atoms with E-state index >= 15 is 0 Å².